The minimum absolute atomic E-state index is 0.101. The molecule has 0 spiro atoms. The van der Waals surface area contributed by atoms with Crippen LogP contribution in [0.1, 0.15) is 77.1 Å². The van der Waals surface area contributed by atoms with Gasteiger partial charge in [-0.2, -0.15) is 0 Å². The number of alkyl carbamates (subject to hydrolysis) is 1. The van der Waals surface area contributed by atoms with Crippen LogP contribution >= 0.6 is 0 Å². The summed E-state index contributed by atoms with van der Waals surface area (Å²) >= 11 is 0. The lowest BCUT2D eigenvalue weighted by Crippen LogP contribution is -2.50. The van der Waals surface area contributed by atoms with Crippen molar-refractivity contribution < 1.29 is 24.2 Å². The van der Waals surface area contributed by atoms with E-state index in [-0.39, 0.29) is 24.2 Å². The number of phenolic OH excluding ortho intramolecular Hbond substituents is 1. The van der Waals surface area contributed by atoms with Crippen molar-refractivity contribution >= 4 is 23.6 Å². The number of rotatable bonds is 10. The fourth-order valence-electron chi connectivity index (χ4n) is 4.11. The predicted molar refractivity (Wildman–Crippen MR) is 150 cm³/mol. The van der Waals surface area contributed by atoms with Gasteiger partial charge >= 0.3 is 6.09 Å². The smallest absolute Gasteiger partial charge is 0.408 e. The van der Waals surface area contributed by atoms with Crippen LogP contribution in [0.15, 0.2) is 42.5 Å². The van der Waals surface area contributed by atoms with Crippen molar-refractivity contribution in [3.8, 4) is 5.75 Å². The third-order valence-corrected chi connectivity index (χ3v) is 6.17. The Bertz CT molecular complexity index is 1120. The number of anilines is 1. The highest BCUT2D eigenvalue weighted by atomic mass is 16.6. The van der Waals surface area contributed by atoms with Gasteiger partial charge in [0.1, 0.15) is 23.9 Å². The van der Waals surface area contributed by atoms with E-state index in [2.05, 4.69) is 24.5 Å². The molecule has 0 fully saturated rings. The van der Waals surface area contributed by atoms with Gasteiger partial charge in [0.15, 0.2) is 0 Å². The summed E-state index contributed by atoms with van der Waals surface area (Å²) < 4.78 is 5.29. The minimum atomic E-state index is -0.996. The molecule has 8 nitrogen and oxygen atoms in total. The number of carbonyl (C=O) groups excluding carboxylic acids is 3. The average Bonchev–Trinajstić information content (AvgIpc) is 2.81. The zero-order chi connectivity index (χ0) is 28.6. The van der Waals surface area contributed by atoms with Gasteiger partial charge in [-0.3, -0.25) is 9.59 Å². The van der Waals surface area contributed by atoms with E-state index in [1.54, 1.807) is 44.7 Å². The van der Waals surface area contributed by atoms with E-state index in [0.29, 0.717) is 29.2 Å². The van der Waals surface area contributed by atoms with Crippen LogP contribution in [0, 0.1) is 19.8 Å². The number of carbonyl (C=O) groups is 3. The Morgan fingerprint density at radius 1 is 0.974 bits per heavy atom. The Balaban J connectivity index is 2.50. The Labute approximate surface area is 226 Å². The van der Waals surface area contributed by atoms with Crippen molar-refractivity contribution in [2.45, 2.75) is 85.9 Å². The normalized spacial score (nSPS) is 13.0. The molecule has 2 aromatic rings. The Hall–Kier alpha value is -3.55. The Morgan fingerprint density at radius 3 is 2.21 bits per heavy atom. The van der Waals surface area contributed by atoms with Crippen LogP contribution < -0.4 is 10.6 Å². The van der Waals surface area contributed by atoms with Crippen LogP contribution in [0.4, 0.5) is 10.5 Å². The summed E-state index contributed by atoms with van der Waals surface area (Å²) in [5, 5.41) is 15.7. The molecule has 38 heavy (non-hydrogen) atoms. The van der Waals surface area contributed by atoms with Crippen LogP contribution in [-0.2, 0) is 14.3 Å². The number of phenols is 1. The number of hydrogen-bond acceptors (Lipinski definition) is 5. The molecule has 0 bridgehead atoms. The zero-order valence-corrected chi connectivity index (χ0v) is 23.9. The molecule has 0 aliphatic heterocycles. The van der Waals surface area contributed by atoms with Crippen molar-refractivity contribution in [3.05, 3.63) is 59.2 Å². The van der Waals surface area contributed by atoms with Gasteiger partial charge in [0.05, 0.1) is 0 Å². The molecule has 0 aromatic heterocycles. The lowest BCUT2D eigenvalue weighted by atomic mass is 9.96. The summed E-state index contributed by atoms with van der Waals surface area (Å²) in [7, 11) is 0. The lowest BCUT2D eigenvalue weighted by molar-refractivity contribution is -0.140. The molecule has 0 saturated carbocycles. The highest BCUT2D eigenvalue weighted by Gasteiger charge is 2.35. The number of nitrogens with one attached hydrogen (secondary N) is 2. The summed E-state index contributed by atoms with van der Waals surface area (Å²) in [6.45, 7) is 14.7. The van der Waals surface area contributed by atoms with E-state index in [1.165, 1.54) is 6.07 Å². The highest BCUT2D eigenvalue weighted by molar-refractivity contribution is 5.99. The summed E-state index contributed by atoms with van der Waals surface area (Å²) in [5.74, 6) is -0.289. The Morgan fingerprint density at radius 2 is 1.63 bits per heavy atom. The van der Waals surface area contributed by atoms with E-state index in [1.807, 2.05) is 38.1 Å². The monoisotopic (exact) mass is 525 g/mol. The predicted octanol–water partition coefficient (Wildman–Crippen LogP) is 5.87. The average molecular weight is 526 g/mol. The summed E-state index contributed by atoms with van der Waals surface area (Å²) in [5.41, 5.74) is 1.97. The molecule has 2 rings (SSSR count). The van der Waals surface area contributed by atoms with E-state index >= 15 is 0 Å². The number of aryl methyl sites for hydroxylation is 2. The number of nitrogens with zero attached hydrogens (tertiary/aromatic N) is 1. The molecule has 8 heteroatoms. The Kier molecular flexibility index (Phi) is 10.7. The first-order chi connectivity index (χ1) is 17.7. The van der Waals surface area contributed by atoms with Crippen molar-refractivity contribution in [1.82, 2.24) is 10.2 Å². The number of hydrogen-bond donors (Lipinski definition) is 3. The van der Waals surface area contributed by atoms with Gasteiger partial charge in [-0.1, -0.05) is 38.1 Å². The second kappa shape index (κ2) is 13.3. The molecule has 2 atom stereocenters. The number of para-hydroxylation sites is 1. The van der Waals surface area contributed by atoms with Gasteiger partial charge in [-0.05, 0) is 95.2 Å². The number of ether oxygens (including phenoxy) is 1. The third-order valence-electron chi connectivity index (χ3n) is 6.17. The fraction of sp³-hybridized carbons (Fsp3) is 0.500. The number of aromatic hydroxyl groups is 1. The van der Waals surface area contributed by atoms with Crippen molar-refractivity contribution in [2.75, 3.05) is 11.9 Å². The van der Waals surface area contributed by atoms with Gasteiger partial charge < -0.3 is 25.4 Å². The van der Waals surface area contributed by atoms with Crippen molar-refractivity contribution in [1.29, 1.82) is 0 Å². The lowest BCUT2D eigenvalue weighted by Gasteiger charge is -2.37. The number of amides is 3. The molecular weight excluding hydrogens is 482 g/mol. The van der Waals surface area contributed by atoms with E-state index in [4.69, 9.17) is 4.74 Å². The van der Waals surface area contributed by atoms with Gasteiger partial charge in [0, 0.05) is 11.7 Å². The second-order valence-corrected chi connectivity index (χ2v) is 11.2. The van der Waals surface area contributed by atoms with Crippen LogP contribution in [0.3, 0.4) is 0 Å². The van der Waals surface area contributed by atoms with Gasteiger partial charge in [-0.15, -0.1) is 0 Å². The largest absolute Gasteiger partial charge is 0.508 e. The molecule has 2 unspecified atom stereocenters. The molecule has 3 amide bonds. The van der Waals surface area contributed by atoms with Crippen LogP contribution in [0.25, 0.3) is 0 Å². The number of benzene rings is 2. The maximum absolute atomic E-state index is 13.9. The summed E-state index contributed by atoms with van der Waals surface area (Å²) in [6, 6.07) is 11.0. The molecule has 0 heterocycles. The van der Waals surface area contributed by atoms with E-state index in [9.17, 15) is 19.5 Å². The van der Waals surface area contributed by atoms with E-state index < -0.39 is 23.6 Å². The quantitative estimate of drug-likeness (QED) is 0.360. The van der Waals surface area contributed by atoms with Crippen LogP contribution in [-0.4, -0.2) is 46.1 Å². The standard InChI is InChI=1S/C30H43N3O5/c1-19(2)13-14-22(5)33(26(35)18-31-29(37)38-30(6,7)8)27(23-15-16-25(34)21(4)17-23)28(36)32-24-12-10-9-11-20(24)3/h9-12,15-17,19,22,27,34H,13-14,18H2,1-8H3,(H,31,37)(H,32,36). The molecule has 0 aliphatic carbocycles. The molecule has 0 saturated heterocycles. The SMILES string of the molecule is Cc1cc(C(C(=O)Nc2ccccc2C)N(C(=O)CNC(=O)OC(C)(C)C)C(C)CCC(C)C)ccc1O. The second-order valence-electron chi connectivity index (χ2n) is 11.2. The first-order valence-corrected chi connectivity index (χ1v) is 13.1. The zero-order valence-electron chi connectivity index (χ0n) is 23.9. The minimum Gasteiger partial charge on any atom is -0.508 e. The first kappa shape index (κ1) is 30.7. The topological polar surface area (TPSA) is 108 Å². The molecule has 3 N–H and O–H groups in total. The van der Waals surface area contributed by atoms with Crippen molar-refractivity contribution in [3.63, 3.8) is 0 Å². The molecule has 208 valence electrons. The summed E-state index contributed by atoms with van der Waals surface area (Å²) in [6.07, 6.45) is 0.814. The fourth-order valence-corrected chi connectivity index (χ4v) is 4.11. The highest BCUT2D eigenvalue weighted by Crippen LogP contribution is 2.31. The summed E-state index contributed by atoms with van der Waals surface area (Å²) in [4.78, 5) is 41.4. The molecule has 0 radical (unpaired) electrons. The van der Waals surface area contributed by atoms with E-state index in [0.717, 1.165) is 12.0 Å². The maximum atomic E-state index is 13.9. The van der Waals surface area contributed by atoms with Gasteiger partial charge in [0.2, 0.25) is 5.91 Å². The molecule has 0 aliphatic rings. The first-order valence-electron chi connectivity index (χ1n) is 13.1. The van der Waals surface area contributed by atoms with Gasteiger partial charge in [-0.25, -0.2) is 4.79 Å². The van der Waals surface area contributed by atoms with Crippen LogP contribution in [0.5, 0.6) is 5.75 Å². The molecular formula is C30H43N3O5. The third kappa shape index (κ3) is 9.08. The van der Waals surface area contributed by atoms with Gasteiger partial charge in [0.25, 0.3) is 5.91 Å². The molecule has 2 aromatic carbocycles. The maximum Gasteiger partial charge on any atom is 0.408 e. The van der Waals surface area contributed by atoms with Crippen molar-refractivity contribution in [2.24, 2.45) is 5.92 Å². The van der Waals surface area contributed by atoms with Crippen LogP contribution in [0.2, 0.25) is 0 Å².